The van der Waals surface area contributed by atoms with Crippen molar-refractivity contribution in [2.24, 2.45) is 0 Å². The third kappa shape index (κ3) is 4.94. The van der Waals surface area contributed by atoms with Gasteiger partial charge in [-0.15, -0.1) is 0 Å². The average Bonchev–Trinajstić information content (AvgIpc) is 3.33. The quantitative estimate of drug-likeness (QED) is 0.464. The average molecular weight is 457 g/mol. The van der Waals surface area contributed by atoms with Gasteiger partial charge in [0.1, 0.15) is 11.3 Å². The second-order valence-electron chi connectivity index (χ2n) is 7.87. The molecule has 12 heteroatoms. The van der Waals surface area contributed by atoms with Crippen LogP contribution in [0.3, 0.4) is 0 Å². The molecule has 1 saturated heterocycles. The van der Waals surface area contributed by atoms with Gasteiger partial charge in [-0.3, -0.25) is 15.0 Å². The van der Waals surface area contributed by atoms with Crippen LogP contribution in [0.15, 0.2) is 28.8 Å². The van der Waals surface area contributed by atoms with Gasteiger partial charge in [0.25, 0.3) is 11.8 Å². The van der Waals surface area contributed by atoms with E-state index in [9.17, 15) is 19.2 Å². The minimum absolute atomic E-state index is 0.103. The van der Waals surface area contributed by atoms with Crippen molar-refractivity contribution in [1.29, 1.82) is 0 Å². The largest absolute Gasteiger partial charge is 0.485 e. The molecule has 0 radical (unpaired) electrons. The molecule has 0 atom stereocenters. The highest BCUT2D eigenvalue weighted by molar-refractivity contribution is 6.08. The molecule has 1 aromatic heterocycles. The predicted octanol–water partition coefficient (Wildman–Crippen LogP) is 1.40. The number of rotatable bonds is 7. The molecule has 1 saturated carbocycles. The van der Waals surface area contributed by atoms with Crippen LogP contribution in [-0.4, -0.2) is 51.1 Å². The Morgan fingerprint density at radius 3 is 2.58 bits per heavy atom. The summed E-state index contributed by atoms with van der Waals surface area (Å²) in [5, 5.41) is 7.06. The minimum atomic E-state index is -0.953. The molecule has 1 aliphatic carbocycles. The molecule has 0 unspecified atom stereocenters. The normalized spacial score (nSPS) is 17.1. The Bertz CT molecular complexity index is 1060. The second kappa shape index (κ2) is 9.27. The van der Waals surface area contributed by atoms with Gasteiger partial charge in [0, 0.05) is 6.92 Å². The number of carbonyl (C=O) groups is 4. The summed E-state index contributed by atoms with van der Waals surface area (Å²) in [6.07, 6.45) is 3.72. The Kier molecular flexibility index (Phi) is 6.24. The van der Waals surface area contributed by atoms with Crippen LogP contribution in [0.5, 0.6) is 5.75 Å². The fraction of sp³-hybridized carbons (Fsp3) is 0.429. The van der Waals surface area contributed by atoms with Gasteiger partial charge in [-0.25, -0.2) is 9.59 Å². The lowest BCUT2D eigenvalue weighted by molar-refractivity contribution is -0.140. The summed E-state index contributed by atoms with van der Waals surface area (Å²) in [5.74, 6) is -0.734. The first-order chi connectivity index (χ1) is 15.9. The van der Waals surface area contributed by atoms with Crippen molar-refractivity contribution in [3.63, 3.8) is 0 Å². The van der Waals surface area contributed by atoms with Crippen molar-refractivity contribution in [3.8, 4) is 5.75 Å². The Balaban J connectivity index is 1.25. The maximum atomic E-state index is 12.7. The number of hydrogen-bond donors (Lipinski definition) is 2. The first kappa shape index (κ1) is 22.2. The fourth-order valence-electron chi connectivity index (χ4n) is 3.82. The summed E-state index contributed by atoms with van der Waals surface area (Å²) in [7, 11) is 0. The van der Waals surface area contributed by atoms with Crippen LogP contribution in [-0.2, 0) is 20.9 Å². The fourth-order valence-corrected chi connectivity index (χ4v) is 3.82. The van der Waals surface area contributed by atoms with Gasteiger partial charge in [-0.1, -0.05) is 24.4 Å². The number of aryl methyl sites for hydroxylation is 1. The van der Waals surface area contributed by atoms with Gasteiger partial charge >= 0.3 is 12.0 Å². The Labute approximate surface area is 188 Å². The monoisotopic (exact) mass is 457 g/mol. The van der Waals surface area contributed by atoms with Gasteiger partial charge in [0.2, 0.25) is 11.7 Å². The highest BCUT2D eigenvalue weighted by atomic mass is 16.5. The van der Waals surface area contributed by atoms with Gasteiger partial charge in [0.15, 0.2) is 13.2 Å². The third-order valence-electron chi connectivity index (χ3n) is 5.47. The van der Waals surface area contributed by atoms with E-state index >= 15 is 0 Å². The number of urea groups is 1. The van der Waals surface area contributed by atoms with Crippen LogP contribution in [0.2, 0.25) is 0 Å². The summed E-state index contributed by atoms with van der Waals surface area (Å²) in [5.41, 5.74) is 1.46. The number of aromatic nitrogens is 2. The SMILES string of the molecule is Cc1nc(COc2ccc(C(=O)OCC(=O)NN3C(=O)NC4(CCCCC4)C3=O)cc2)no1. The third-order valence-corrected chi connectivity index (χ3v) is 5.47. The molecule has 2 aliphatic rings. The van der Waals surface area contributed by atoms with Crippen molar-refractivity contribution in [3.05, 3.63) is 41.5 Å². The topological polar surface area (TPSA) is 153 Å². The number of nitrogens with zero attached hydrogens (tertiary/aromatic N) is 3. The van der Waals surface area contributed by atoms with E-state index in [0.717, 1.165) is 19.3 Å². The molecule has 2 heterocycles. The van der Waals surface area contributed by atoms with Crippen LogP contribution >= 0.6 is 0 Å². The van der Waals surface area contributed by atoms with E-state index in [-0.39, 0.29) is 12.2 Å². The molecule has 1 aromatic carbocycles. The molecule has 33 heavy (non-hydrogen) atoms. The predicted molar refractivity (Wildman–Crippen MR) is 109 cm³/mol. The number of hydrazine groups is 1. The lowest BCUT2D eigenvalue weighted by Crippen LogP contribution is -2.51. The summed E-state index contributed by atoms with van der Waals surface area (Å²) in [6, 6.07) is 5.37. The molecule has 12 nitrogen and oxygen atoms in total. The first-order valence-corrected chi connectivity index (χ1v) is 10.5. The zero-order chi connectivity index (χ0) is 23.4. The van der Waals surface area contributed by atoms with E-state index in [1.54, 1.807) is 19.1 Å². The zero-order valence-electron chi connectivity index (χ0n) is 18.0. The molecule has 1 spiro atoms. The summed E-state index contributed by atoms with van der Waals surface area (Å²) < 4.78 is 15.3. The van der Waals surface area contributed by atoms with E-state index in [4.69, 9.17) is 14.0 Å². The Morgan fingerprint density at radius 2 is 1.91 bits per heavy atom. The van der Waals surface area contributed by atoms with Crippen molar-refractivity contribution in [1.82, 2.24) is 25.9 Å². The number of hydrogen-bond acceptors (Lipinski definition) is 9. The highest BCUT2D eigenvalue weighted by Crippen LogP contribution is 2.32. The van der Waals surface area contributed by atoms with Gasteiger partial charge in [-0.2, -0.15) is 9.99 Å². The molecule has 174 valence electrons. The van der Waals surface area contributed by atoms with E-state index in [2.05, 4.69) is 20.9 Å². The van der Waals surface area contributed by atoms with Gasteiger partial charge in [0.05, 0.1) is 5.56 Å². The van der Waals surface area contributed by atoms with Crippen LogP contribution in [0.1, 0.15) is 54.2 Å². The van der Waals surface area contributed by atoms with E-state index in [1.807, 2.05) is 0 Å². The number of benzene rings is 1. The number of nitrogens with one attached hydrogen (secondary N) is 2. The molecule has 4 rings (SSSR count). The molecule has 0 bridgehead atoms. The zero-order valence-corrected chi connectivity index (χ0v) is 18.0. The van der Waals surface area contributed by atoms with Gasteiger partial charge in [-0.05, 0) is 37.1 Å². The molecular formula is C21H23N5O7. The Hall–Kier alpha value is -3.96. The lowest BCUT2D eigenvalue weighted by Gasteiger charge is -2.30. The molecule has 2 N–H and O–H groups in total. The van der Waals surface area contributed by atoms with Gasteiger partial charge < -0.3 is 19.3 Å². The highest BCUT2D eigenvalue weighted by Gasteiger charge is 2.52. The molecule has 1 aliphatic heterocycles. The van der Waals surface area contributed by atoms with Crippen LogP contribution in [0, 0.1) is 6.92 Å². The van der Waals surface area contributed by atoms with Crippen LogP contribution in [0.25, 0.3) is 0 Å². The maximum absolute atomic E-state index is 12.7. The van der Waals surface area contributed by atoms with E-state index < -0.39 is 36.0 Å². The number of esters is 1. The Morgan fingerprint density at radius 1 is 1.18 bits per heavy atom. The lowest BCUT2D eigenvalue weighted by atomic mass is 9.82. The number of ether oxygens (including phenoxy) is 2. The molecular weight excluding hydrogens is 434 g/mol. The smallest absolute Gasteiger partial charge is 0.344 e. The maximum Gasteiger partial charge on any atom is 0.344 e. The summed E-state index contributed by atoms with van der Waals surface area (Å²) >= 11 is 0. The summed E-state index contributed by atoms with van der Waals surface area (Å²) in [4.78, 5) is 53.2. The van der Waals surface area contributed by atoms with E-state index in [1.165, 1.54) is 12.1 Å². The van der Waals surface area contributed by atoms with Crippen LogP contribution in [0.4, 0.5) is 4.79 Å². The minimum Gasteiger partial charge on any atom is -0.485 e. The van der Waals surface area contributed by atoms with Crippen molar-refractivity contribution < 1.29 is 33.2 Å². The van der Waals surface area contributed by atoms with Crippen molar-refractivity contribution in [2.75, 3.05) is 6.61 Å². The molecule has 2 fully saturated rings. The number of imide groups is 1. The van der Waals surface area contributed by atoms with E-state index in [0.29, 0.717) is 35.3 Å². The van der Waals surface area contributed by atoms with Crippen LogP contribution < -0.4 is 15.5 Å². The molecule has 2 aromatic rings. The number of carbonyl (C=O) groups excluding carboxylic acids is 4. The van der Waals surface area contributed by atoms with Crippen molar-refractivity contribution >= 4 is 23.8 Å². The first-order valence-electron chi connectivity index (χ1n) is 10.5. The second-order valence-corrected chi connectivity index (χ2v) is 7.87. The number of amides is 4. The summed E-state index contributed by atoms with van der Waals surface area (Å²) in [6.45, 7) is 1.12. The standard InChI is InChI=1S/C21H23N5O7/c1-13-22-16(25-33-13)11-31-15-7-5-14(6-8-15)18(28)32-12-17(27)24-26-19(29)21(23-20(26)30)9-3-2-4-10-21/h5-8H,2-4,9-12H2,1H3,(H,23,30)(H,24,27). The van der Waals surface area contributed by atoms with Crippen molar-refractivity contribution in [2.45, 2.75) is 51.2 Å². The molecule has 4 amide bonds.